The summed E-state index contributed by atoms with van der Waals surface area (Å²) in [5.41, 5.74) is 0.654. The fourth-order valence-electron chi connectivity index (χ4n) is 3.43. The quantitative estimate of drug-likeness (QED) is 0.852. The number of hydrogen-bond donors (Lipinski definition) is 0. The van der Waals surface area contributed by atoms with E-state index in [1.54, 1.807) is 0 Å². The van der Waals surface area contributed by atoms with Crippen molar-refractivity contribution in [2.75, 3.05) is 25.0 Å². The lowest BCUT2D eigenvalue weighted by Crippen LogP contribution is -2.61. The molecule has 134 valence electrons. The van der Waals surface area contributed by atoms with Gasteiger partial charge in [-0.3, -0.25) is 4.79 Å². The van der Waals surface area contributed by atoms with Crippen LogP contribution in [0, 0.1) is 5.92 Å². The molecule has 0 aromatic carbocycles. The number of likely N-dealkylation sites (N-methyl/N-ethyl adjacent to an activating group) is 1. The Hall–Kier alpha value is -2.18. The van der Waals surface area contributed by atoms with Crippen LogP contribution in [0.25, 0.3) is 5.65 Å². The number of carbonyl (C=O) groups is 1. The first kappa shape index (κ1) is 16.3. The van der Waals surface area contributed by atoms with Gasteiger partial charge >= 0.3 is 0 Å². The van der Waals surface area contributed by atoms with Crippen molar-refractivity contribution in [3.05, 3.63) is 18.0 Å². The van der Waals surface area contributed by atoms with E-state index in [0.717, 1.165) is 43.2 Å². The first-order chi connectivity index (χ1) is 11.8. The van der Waals surface area contributed by atoms with Crippen molar-refractivity contribution in [2.24, 2.45) is 5.92 Å². The highest BCUT2D eigenvalue weighted by atomic mass is 16.2. The van der Waals surface area contributed by atoms with Crippen molar-refractivity contribution in [1.29, 1.82) is 0 Å². The van der Waals surface area contributed by atoms with Crippen LogP contribution in [-0.4, -0.2) is 56.8 Å². The van der Waals surface area contributed by atoms with Gasteiger partial charge in [-0.2, -0.15) is 4.52 Å². The number of aromatic nitrogens is 4. The molecule has 3 heterocycles. The summed E-state index contributed by atoms with van der Waals surface area (Å²) in [6.07, 6.45) is 3.31. The van der Waals surface area contributed by atoms with Gasteiger partial charge in [-0.25, -0.2) is 0 Å². The van der Waals surface area contributed by atoms with Crippen LogP contribution < -0.4 is 4.90 Å². The Bertz CT molecular complexity index is 797. The van der Waals surface area contributed by atoms with Crippen LogP contribution in [0.5, 0.6) is 0 Å². The SMILES string of the molecule is CN(C(=O)C1CCC1)C1CN(c2ccc3nnc(C(C)(C)C)n3n2)C1. The van der Waals surface area contributed by atoms with Crippen molar-refractivity contribution in [3.63, 3.8) is 0 Å². The molecule has 1 saturated carbocycles. The van der Waals surface area contributed by atoms with E-state index in [2.05, 4.69) is 35.9 Å². The zero-order valence-electron chi connectivity index (χ0n) is 15.4. The molecule has 2 aromatic rings. The molecule has 0 N–H and O–H groups in total. The smallest absolute Gasteiger partial charge is 0.225 e. The molecule has 7 heteroatoms. The Balaban J connectivity index is 1.47. The summed E-state index contributed by atoms with van der Waals surface area (Å²) in [4.78, 5) is 16.5. The van der Waals surface area contributed by atoms with Crippen molar-refractivity contribution >= 4 is 17.4 Å². The van der Waals surface area contributed by atoms with Crippen LogP contribution in [0.2, 0.25) is 0 Å². The summed E-state index contributed by atoms with van der Waals surface area (Å²) >= 11 is 0. The molecule has 0 atom stereocenters. The lowest BCUT2D eigenvalue weighted by Gasteiger charge is -2.46. The zero-order chi connectivity index (χ0) is 17.8. The minimum atomic E-state index is -0.113. The minimum absolute atomic E-state index is 0.113. The molecule has 2 fully saturated rings. The Kier molecular flexibility index (Phi) is 3.70. The third-order valence-electron chi connectivity index (χ3n) is 5.46. The van der Waals surface area contributed by atoms with Crippen LogP contribution in [-0.2, 0) is 10.2 Å². The van der Waals surface area contributed by atoms with Gasteiger partial charge in [0.1, 0.15) is 5.82 Å². The third kappa shape index (κ3) is 2.75. The number of hydrogen-bond acceptors (Lipinski definition) is 5. The molecule has 1 aliphatic heterocycles. The van der Waals surface area contributed by atoms with E-state index in [9.17, 15) is 4.79 Å². The zero-order valence-corrected chi connectivity index (χ0v) is 15.4. The van der Waals surface area contributed by atoms with Crippen molar-refractivity contribution in [1.82, 2.24) is 24.7 Å². The molecule has 0 bridgehead atoms. The summed E-state index contributed by atoms with van der Waals surface area (Å²) in [5, 5.41) is 13.2. The Labute approximate surface area is 148 Å². The van der Waals surface area contributed by atoms with Gasteiger partial charge in [-0.05, 0) is 25.0 Å². The Morgan fingerprint density at radius 2 is 1.92 bits per heavy atom. The highest BCUT2D eigenvalue weighted by molar-refractivity contribution is 5.80. The minimum Gasteiger partial charge on any atom is -0.351 e. The fourth-order valence-corrected chi connectivity index (χ4v) is 3.43. The molecule has 1 amide bonds. The first-order valence-electron chi connectivity index (χ1n) is 9.09. The molecular formula is C18H26N6O. The number of rotatable bonds is 3. The summed E-state index contributed by atoms with van der Waals surface area (Å²) in [5.74, 6) is 2.35. The highest BCUT2D eigenvalue weighted by Crippen LogP contribution is 2.30. The molecule has 2 aliphatic rings. The lowest BCUT2D eigenvalue weighted by atomic mass is 9.84. The van der Waals surface area contributed by atoms with E-state index in [1.165, 1.54) is 6.42 Å². The monoisotopic (exact) mass is 342 g/mol. The van der Waals surface area contributed by atoms with Crippen LogP contribution in [0.1, 0.15) is 45.9 Å². The van der Waals surface area contributed by atoms with Gasteiger partial charge in [-0.1, -0.05) is 27.2 Å². The van der Waals surface area contributed by atoms with Crippen LogP contribution in [0.4, 0.5) is 5.82 Å². The maximum Gasteiger partial charge on any atom is 0.225 e. The van der Waals surface area contributed by atoms with Crippen LogP contribution in [0.3, 0.4) is 0 Å². The normalized spacial score (nSPS) is 19.0. The number of fused-ring (bicyclic) bond motifs is 1. The number of carbonyl (C=O) groups excluding carboxylic acids is 1. The van der Waals surface area contributed by atoms with E-state index in [-0.39, 0.29) is 17.4 Å². The predicted octanol–water partition coefficient (Wildman–Crippen LogP) is 1.87. The van der Waals surface area contributed by atoms with Gasteiger partial charge in [-0.15, -0.1) is 15.3 Å². The van der Waals surface area contributed by atoms with Gasteiger partial charge in [0, 0.05) is 31.5 Å². The average Bonchev–Trinajstić information content (AvgIpc) is 2.86. The van der Waals surface area contributed by atoms with E-state index < -0.39 is 0 Å². The van der Waals surface area contributed by atoms with E-state index >= 15 is 0 Å². The summed E-state index contributed by atoms with van der Waals surface area (Å²) in [7, 11) is 1.94. The van der Waals surface area contributed by atoms with Gasteiger partial charge in [0.15, 0.2) is 11.5 Å². The van der Waals surface area contributed by atoms with Crippen LogP contribution in [0.15, 0.2) is 12.1 Å². The predicted molar refractivity (Wildman–Crippen MR) is 95.6 cm³/mol. The molecular weight excluding hydrogens is 316 g/mol. The molecule has 25 heavy (non-hydrogen) atoms. The molecule has 1 saturated heterocycles. The van der Waals surface area contributed by atoms with Crippen molar-refractivity contribution in [2.45, 2.75) is 51.5 Å². The summed E-state index contributed by atoms with van der Waals surface area (Å²) in [6, 6.07) is 4.23. The first-order valence-corrected chi connectivity index (χ1v) is 9.09. The second-order valence-corrected chi connectivity index (χ2v) is 8.37. The third-order valence-corrected chi connectivity index (χ3v) is 5.46. The Morgan fingerprint density at radius 3 is 2.52 bits per heavy atom. The largest absolute Gasteiger partial charge is 0.351 e. The second-order valence-electron chi connectivity index (χ2n) is 8.37. The number of anilines is 1. The molecule has 4 rings (SSSR count). The van der Waals surface area contributed by atoms with Gasteiger partial charge < -0.3 is 9.80 Å². The average molecular weight is 342 g/mol. The van der Waals surface area contributed by atoms with E-state index in [4.69, 9.17) is 5.10 Å². The Morgan fingerprint density at radius 1 is 1.20 bits per heavy atom. The maximum atomic E-state index is 12.4. The molecule has 0 spiro atoms. The molecule has 2 aromatic heterocycles. The second kappa shape index (κ2) is 5.68. The maximum absolute atomic E-state index is 12.4. The molecule has 0 radical (unpaired) electrons. The number of amides is 1. The van der Waals surface area contributed by atoms with E-state index in [1.807, 2.05) is 28.6 Å². The lowest BCUT2D eigenvalue weighted by molar-refractivity contribution is -0.139. The van der Waals surface area contributed by atoms with Gasteiger partial charge in [0.25, 0.3) is 0 Å². The summed E-state index contributed by atoms with van der Waals surface area (Å²) in [6.45, 7) is 8.00. The van der Waals surface area contributed by atoms with Crippen molar-refractivity contribution < 1.29 is 4.79 Å². The number of nitrogens with zero attached hydrogens (tertiary/aromatic N) is 6. The van der Waals surface area contributed by atoms with Crippen molar-refractivity contribution in [3.8, 4) is 0 Å². The standard InChI is InChI=1S/C18H26N6O/c1-18(2,3)17-20-19-14-8-9-15(21-24(14)17)23-10-13(11-23)22(4)16(25)12-6-5-7-12/h8-9,12-13H,5-7,10-11H2,1-4H3. The van der Waals surface area contributed by atoms with E-state index in [0.29, 0.717) is 5.91 Å². The van der Waals surface area contributed by atoms with Crippen LogP contribution >= 0.6 is 0 Å². The van der Waals surface area contributed by atoms with Gasteiger partial charge in [0.2, 0.25) is 5.91 Å². The highest BCUT2D eigenvalue weighted by Gasteiger charge is 2.37. The van der Waals surface area contributed by atoms with Gasteiger partial charge in [0.05, 0.1) is 6.04 Å². The topological polar surface area (TPSA) is 66.6 Å². The molecule has 0 unspecified atom stereocenters. The summed E-state index contributed by atoms with van der Waals surface area (Å²) < 4.78 is 1.84. The molecule has 7 nitrogen and oxygen atoms in total. The fraction of sp³-hybridized carbons (Fsp3) is 0.667. The molecule has 1 aliphatic carbocycles.